The second kappa shape index (κ2) is 8.79. The van der Waals surface area contributed by atoms with Crippen LogP contribution in [-0.4, -0.2) is 0 Å². The zero-order valence-electron chi connectivity index (χ0n) is 16.1. The molecule has 1 atom stereocenters. The number of rotatable bonds is 5. The molecular weight excluding hydrogens is 352 g/mol. The number of hydrogen-bond donors (Lipinski definition) is 0. The Morgan fingerprint density at radius 3 is 2.33 bits per heavy atom. The van der Waals surface area contributed by atoms with Gasteiger partial charge in [-0.2, -0.15) is 13.2 Å². The summed E-state index contributed by atoms with van der Waals surface area (Å²) in [4.78, 5) is 0. The van der Waals surface area contributed by atoms with E-state index in [1.165, 1.54) is 51.0 Å². The van der Waals surface area contributed by atoms with Crippen LogP contribution < -0.4 is 0 Å². The van der Waals surface area contributed by atoms with Gasteiger partial charge in [0.15, 0.2) is 0 Å². The molecule has 0 spiro atoms. The van der Waals surface area contributed by atoms with Gasteiger partial charge in [0.05, 0.1) is 5.56 Å². The molecule has 4 heteroatoms. The van der Waals surface area contributed by atoms with Gasteiger partial charge in [0.1, 0.15) is 5.82 Å². The van der Waals surface area contributed by atoms with Crippen LogP contribution in [0, 0.1) is 23.6 Å². The first-order chi connectivity index (χ1) is 12.9. The first kappa shape index (κ1) is 20.4. The first-order valence-corrected chi connectivity index (χ1v) is 10.4. The molecule has 0 aromatic heterocycles. The topological polar surface area (TPSA) is 0 Å². The van der Waals surface area contributed by atoms with E-state index in [0.717, 1.165) is 48.8 Å². The lowest BCUT2D eigenvalue weighted by Gasteiger charge is -2.35. The van der Waals surface area contributed by atoms with E-state index in [-0.39, 0.29) is 0 Å². The normalized spacial score (nSPS) is 26.7. The number of alkyl halides is 3. The average Bonchev–Trinajstić information content (AvgIpc) is 2.66. The maximum atomic E-state index is 13.5. The second-order valence-corrected chi connectivity index (χ2v) is 8.38. The molecule has 0 nitrogen and oxygen atoms in total. The van der Waals surface area contributed by atoms with Crippen molar-refractivity contribution in [3.8, 4) is 0 Å². The van der Waals surface area contributed by atoms with Crippen LogP contribution in [0.15, 0.2) is 24.3 Å². The van der Waals surface area contributed by atoms with Crippen LogP contribution in [0.2, 0.25) is 0 Å². The van der Waals surface area contributed by atoms with Crippen LogP contribution in [0.25, 0.3) is 5.57 Å². The van der Waals surface area contributed by atoms with Crippen molar-refractivity contribution in [3.05, 3.63) is 41.2 Å². The lowest BCUT2D eigenvalue weighted by molar-refractivity contribution is -0.140. The van der Waals surface area contributed by atoms with Gasteiger partial charge in [-0.15, -0.1) is 0 Å². The molecule has 2 aliphatic rings. The summed E-state index contributed by atoms with van der Waals surface area (Å²) in [5.41, 5.74) is 0.298. The van der Waals surface area contributed by atoms with Gasteiger partial charge in [-0.05, 0) is 73.1 Å². The Balaban J connectivity index is 1.59. The van der Waals surface area contributed by atoms with E-state index in [1.54, 1.807) is 0 Å². The van der Waals surface area contributed by atoms with E-state index in [2.05, 4.69) is 13.0 Å². The SMILES string of the molecule is CCCCC1CCC(C2CC=C(c3ccc(F)c(C(F)(F)F)c3)CC2)CC1. The van der Waals surface area contributed by atoms with Crippen LogP contribution in [0.1, 0.15) is 82.3 Å². The Hall–Kier alpha value is -1.32. The second-order valence-electron chi connectivity index (χ2n) is 8.38. The summed E-state index contributed by atoms with van der Waals surface area (Å²) in [5.74, 6) is 1.12. The van der Waals surface area contributed by atoms with Crippen molar-refractivity contribution in [2.24, 2.45) is 17.8 Å². The zero-order chi connectivity index (χ0) is 19.4. The van der Waals surface area contributed by atoms with Gasteiger partial charge >= 0.3 is 6.18 Å². The van der Waals surface area contributed by atoms with Crippen molar-refractivity contribution in [1.82, 2.24) is 0 Å². The van der Waals surface area contributed by atoms with Crippen LogP contribution in [0.3, 0.4) is 0 Å². The Bertz CT molecular complexity index is 651. The molecule has 0 heterocycles. The summed E-state index contributed by atoms with van der Waals surface area (Å²) in [7, 11) is 0. The first-order valence-electron chi connectivity index (χ1n) is 10.4. The molecule has 0 aliphatic heterocycles. The van der Waals surface area contributed by atoms with Gasteiger partial charge < -0.3 is 0 Å². The van der Waals surface area contributed by atoms with E-state index >= 15 is 0 Å². The van der Waals surface area contributed by atoms with Crippen LogP contribution >= 0.6 is 0 Å². The monoisotopic (exact) mass is 382 g/mol. The van der Waals surface area contributed by atoms with Crippen LogP contribution in [0.5, 0.6) is 0 Å². The van der Waals surface area contributed by atoms with E-state index in [4.69, 9.17) is 0 Å². The molecule has 1 aromatic rings. The molecule has 0 radical (unpaired) electrons. The number of hydrogen-bond acceptors (Lipinski definition) is 0. The Morgan fingerprint density at radius 1 is 1.00 bits per heavy atom. The number of benzene rings is 1. The van der Waals surface area contributed by atoms with E-state index in [0.29, 0.717) is 11.5 Å². The van der Waals surface area contributed by atoms with E-state index in [9.17, 15) is 17.6 Å². The molecule has 0 N–H and O–H groups in total. The fraction of sp³-hybridized carbons (Fsp3) is 0.652. The number of allylic oxidation sites excluding steroid dienone is 2. The van der Waals surface area contributed by atoms with Crippen molar-refractivity contribution in [2.75, 3.05) is 0 Å². The molecule has 1 unspecified atom stereocenters. The van der Waals surface area contributed by atoms with Gasteiger partial charge in [0, 0.05) is 0 Å². The van der Waals surface area contributed by atoms with Crippen LogP contribution in [0.4, 0.5) is 17.6 Å². The lowest BCUT2D eigenvalue weighted by atomic mass is 9.70. The number of halogens is 4. The highest BCUT2D eigenvalue weighted by Gasteiger charge is 2.35. The van der Waals surface area contributed by atoms with Gasteiger partial charge in [-0.3, -0.25) is 0 Å². The lowest BCUT2D eigenvalue weighted by Crippen LogP contribution is -2.23. The maximum absolute atomic E-state index is 13.5. The smallest absolute Gasteiger partial charge is 0.206 e. The van der Waals surface area contributed by atoms with Crippen molar-refractivity contribution in [2.45, 2.75) is 77.3 Å². The van der Waals surface area contributed by atoms with Crippen LogP contribution in [-0.2, 0) is 6.18 Å². The highest BCUT2D eigenvalue weighted by atomic mass is 19.4. The molecule has 3 rings (SSSR count). The van der Waals surface area contributed by atoms with Crippen molar-refractivity contribution >= 4 is 5.57 Å². The average molecular weight is 382 g/mol. The van der Waals surface area contributed by atoms with Crippen molar-refractivity contribution in [1.29, 1.82) is 0 Å². The van der Waals surface area contributed by atoms with Gasteiger partial charge in [0.25, 0.3) is 0 Å². The summed E-state index contributed by atoms with van der Waals surface area (Å²) in [6.45, 7) is 2.25. The van der Waals surface area contributed by atoms with Gasteiger partial charge in [0.2, 0.25) is 0 Å². The van der Waals surface area contributed by atoms with E-state index < -0.39 is 17.6 Å². The molecular formula is C23H30F4. The predicted molar refractivity (Wildman–Crippen MR) is 102 cm³/mol. The molecule has 1 aromatic carbocycles. The fourth-order valence-electron chi connectivity index (χ4n) is 4.93. The molecule has 150 valence electrons. The highest BCUT2D eigenvalue weighted by Crippen LogP contribution is 2.42. The molecule has 1 fully saturated rings. The van der Waals surface area contributed by atoms with Crippen molar-refractivity contribution < 1.29 is 17.6 Å². The highest BCUT2D eigenvalue weighted by molar-refractivity contribution is 5.67. The maximum Gasteiger partial charge on any atom is 0.419 e. The minimum atomic E-state index is -4.64. The Labute approximate surface area is 160 Å². The van der Waals surface area contributed by atoms with Gasteiger partial charge in [-0.25, -0.2) is 4.39 Å². The molecule has 2 aliphatic carbocycles. The summed E-state index contributed by atoms with van der Waals surface area (Å²) in [6, 6.07) is 3.40. The Kier molecular flexibility index (Phi) is 6.65. The van der Waals surface area contributed by atoms with Crippen molar-refractivity contribution in [3.63, 3.8) is 0 Å². The summed E-state index contributed by atoms with van der Waals surface area (Å²) < 4.78 is 52.4. The summed E-state index contributed by atoms with van der Waals surface area (Å²) in [6.07, 6.45) is 9.49. The largest absolute Gasteiger partial charge is 0.419 e. The number of unbranched alkanes of at least 4 members (excludes halogenated alkanes) is 1. The molecule has 0 bridgehead atoms. The minimum Gasteiger partial charge on any atom is -0.206 e. The van der Waals surface area contributed by atoms with E-state index in [1.807, 2.05) is 0 Å². The molecule has 27 heavy (non-hydrogen) atoms. The predicted octanol–water partition coefficient (Wildman–Crippen LogP) is 8.02. The molecule has 0 saturated heterocycles. The standard InChI is InChI=1S/C23H30F4/c1-2-3-4-16-5-7-17(8-6-16)18-9-11-19(12-10-18)20-13-14-22(24)21(15-20)23(25,26)27/h11,13-18H,2-10,12H2,1H3. The summed E-state index contributed by atoms with van der Waals surface area (Å²) in [5, 5.41) is 0. The third kappa shape index (κ3) is 5.14. The third-order valence-electron chi connectivity index (χ3n) is 6.62. The quantitative estimate of drug-likeness (QED) is 0.452. The minimum absolute atomic E-state index is 0.519. The summed E-state index contributed by atoms with van der Waals surface area (Å²) >= 11 is 0. The molecule has 0 amide bonds. The van der Waals surface area contributed by atoms with Gasteiger partial charge in [-0.1, -0.05) is 51.2 Å². The fourth-order valence-corrected chi connectivity index (χ4v) is 4.93. The third-order valence-corrected chi connectivity index (χ3v) is 6.62. The Morgan fingerprint density at radius 2 is 1.74 bits per heavy atom. The molecule has 1 saturated carbocycles. The zero-order valence-corrected chi connectivity index (χ0v) is 16.1.